The number of rotatable bonds is 6. The van der Waals surface area contributed by atoms with Gasteiger partial charge in [-0.05, 0) is 37.1 Å². The van der Waals surface area contributed by atoms with Crippen molar-refractivity contribution >= 4 is 22.4 Å². The summed E-state index contributed by atoms with van der Waals surface area (Å²) in [5.41, 5.74) is 3.29. The molecule has 0 saturated carbocycles. The van der Waals surface area contributed by atoms with Gasteiger partial charge < -0.3 is 4.74 Å². The van der Waals surface area contributed by atoms with Crippen LogP contribution in [0.4, 0.5) is 5.13 Å². The topological polar surface area (TPSA) is 51.2 Å². The van der Waals surface area contributed by atoms with Gasteiger partial charge in [0.15, 0.2) is 11.7 Å². The molecule has 140 valence electrons. The van der Waals surface area contributed by atoms with Crippen molar-refractivity contribution in [1.29, 1.82) is 0 Å². The summed E-state index contributed by atoms with van der Waals surface area (Å²) in [5, 5.41) is 3.38. The number of carbonyl (C=O) groups is 1. The zero-order valence-corrected chi connectivity index (χ0v) is 16.9. The van der Waals surface area contributed by atoms with Crippen molar-refractivity contribution in [3.63, 3.8) is 0 Å². The molecule has 1 N–H and O–H groups in total. The summed E-state index contributed by atoms with van der Waals surface area (Å²) in [6.45, 7) is 8.26. The summed E-state index contributed by atoms with van der Waals surface area (Å²) < 4.78 is 5.62. The number of amides is 1. The molecule has 1 aromatic heterocycles. The second-order valence-electron chi connectivity index (χ2n) is 7.01. The van der Waals surface area contributed by atoms with Gasteiger partial charge in [-0.3, -0.25) is 10.1 Å². The minimum Gasteiger partial charge on any atom is -0.484 e. The molecule has 0 saturated heterocycles. The van der Waals surface area contributed by atoms with Gasteiger partial charge in [0, 0.05) is 10.3 Å². The van der Waals surface area contributed by atoms with E-state index in [4.69, 9.17) is 4.74 Å². The number of nitrogens with one attached hydrogen (secondary N) is 1. The Morgan fingerprint density at radius 3 is 2.26 bits per heavy atom. The molecular weight excluding hydrogens is 356 g/mol. The fraction of sp³-hybridized carbons (Fsp3) is 0.273. The van der Waals surface area contributed by atoms with Gasteiger partial charge >= 0.3 is 0 Å². The normalized spacial score (nSPS) is 11.3. The average Bonchev–Trinajstić information content (AvgIpc) is 2.98. The van der Waals surface area contributed by atoms with Gasteiger partial charge in [-0.15, -0.1) is 11.3 Å². The molecule has 0 aliphatic rings. The lowest BCUT2D eigenvalue weighted by atomic mass is 9.78. The quantitative estimate of drug-likeness (QED) is 0.647. The molecule has 0 bridgehead atoms. The Morgan fingerprint density at radius 2 is 1.67 bits per heavy atom. The molecule has 4 nitrogen and oxygen atoms in total. The number of ether oxygens (including phenoxy) is 1. The number of benzene rings is 2. The molecule has 27 heavy (non-hydrogen) atoms. The van der Waals surface area contributed by atoms with Gasteiger partial charge in [-0.25, -0.2) is 4.98 Å². The molecule has 3 rings (SSSR count). The van der Waals surface area contributed by atoms with Crippen molar-refractivity contribution in [2.75, 3.05) is 11.9 Å². The van der Waals surface area contributed by atoms with Gasteiger partial charge in [-0.2, -0.15) is 0 Å². The number of thiazole rings is 1. The maximum absolute atomic E-state index is 12.0. The molecule has 0 atom stereocenters. The first-order valence-electron chi connectivity index (χ1n) is 8.89. The number of hydrogen-bond acceptors (Lipinski definition) is 4. The first kappa shape index (κ1) is 19.1. The van der Waals surface area contributed by atoms with Crippen LogP contribution in [0, 0.1) is 13.8 Å². The molecule has 5 heteroatoms. The van der Waals surface area contributed by atoms with E-state index in [-0.39, 0.29) is 17.9 Å². The standard InChI is InChI=1S/C22H24N2O2S/c1-15-16(2)27-21(23-15)24-20(25)14-26-19-12-10-18(11-13-19)22(3,4)17-8-6-5-7-9-17/h5-13H,14H2,1-4H3,(H,23,24,25). The van der Waals surface area contributed by atoms with Crippen LogP contribution in [0.3, 0.4) is 0 Å². The minimum absolute atomic E-state index is 0.0426. The third-order valence-electron chi connectivity index (χ3n) is 4.72. The van der Waals surface area contributed by atoms with Crippen LogP contribution in [0.1, 0.15) is 35.5 Å². The molecule has 0 spiro atoms. The van der Waals surface area contributed by atoms with E-state index in [9.17, 15) is 4.79 Å². The zero-order valence-electron chi connectivity index (χ0n) is 16.1. The lowest BCUT2D eigenvalue weighted by molar-refractivity contribution is -0.118. The predicted molar refractivity (Wildman–Crippen MR) is 111 cm³/mol. The molecule has 0 unspecified atom stereocenters. The number of nitrogens with zero attached hydrogens (tertiary/aromatic N) is 1. The molecule has 1 amide bonds. The fourth-order valence-corrected chi connectivity index (χ4v) is 3.65. The Labute approximate surface area is 164 Å². The van der Waals surface area contributed by atoms with Crippen molar-refractivity contribution in [3.8, 4) is 5.75 Å². The van der Waals surface area contributed by atoms with Gasteiger partial charge in [0.2, 0.25) is 0 Å². The van der Waals surface area contributed by atoms with Crippen molar-refractivity contribution in [3.05, 3.63) is 76.3 Å². The highest BCUT2D eigenvalue weighted by atomic mass is 32.1. The molecule has 2 aromatic carbocycles. The van der Waals surface area contributed by atoms with E-state index in [0.29, 0.717) is 10.9 Å². The predicted octanol–water partition coefficient (Wildman–Crippen LogP) is 5.10. The molecule has 1 heterocycles. The lowest BCUT2D eigenvalue weighted by Gasteiger charge is -2.26. The van der Waals surface area contributed by atoms with Crippen molar-refractivity contribution in [2.24, 2.45) is 0 Å². The Hall–Kier alpha value is -2.66. The monoisotopic (exact) mass is 380 g/mol. The van der Waals surface area contributed by atoms with Crippen molar-refractivity contribution < 1.29 is 9.53 Å². The first-order valence-corrected chi connectivity index (χ1v) is 9.70. The van der Waals surface area contributed by atoms with Crippen LogP contribution in [0.15, 0.2) is 54.6 Å². The smallest absolute Gasteiger partial charge is 0.264 e. The summed E-state index contributed by atoms with van der Waals surface area (Å²) in [6, 6.07) is 18.3. The molecule has 0 aliphatic carbocycles. The van der Waals surface area contributed by atoms with E-state index in [0.717, 1.165) is 10.6 Å². The highest BCUT2D eigenvalue weighted by Gasteiger charge is 2.22. The average molecular weight is 381 g/mol. The second kappa shape index (κ2) is 7.92. The Kier molecular flexibility index (Phi) is 5.61. The third-order valence-corrected chi connectivity index (χ3v) is 5.70. The highest BCUT2D eigenvalue weighted by Crippen LogP contribution is 2.32. The largest absolute Gasteiger partial charge is 0.484 e. The van der Waals surface area contributed by atoms with E-state index in [1.165, 1.54) is 22.5 Å². The van der Waals surface area contributed by atoms with Gasteiger partial charge in [0.25, 0.3) is 5.91 Å². The van der Waals surface area contributed by atoms with Crippen LogP contribution in [-0.4, -0.2) is 17.5 Å². The van der Waals surface area contributed by atoms with Crippen molar-refractivity contribution in [1.82, 2.24) is 4.98 Å². The minimum atomic E-state index is -0.211. The Morgan fingerprint density at radius 1 is 1.04 bits per heavy atom. The Bertz CT molecular complexity index is 896. The molecule has 0 radical (unpaired) electrons. The summed E-state index contributed by atoms with van der Waals surface area (Å²) in [6.07, 6.45) is 0. The van der Waals surface area contributed by atoms with E-state index in [2.05, 4.69) is 48.4 Å². The number of aryl methyl sites for hydroxylation is 2. The fourth-order valence-electron chi connectivity index (χ4n) is 2.82. The van der Waals surface area contributed by atoms with E-state index in [1.807, 2.05) is 44.2 Å². The maximum atomic E-state index is 12.0. The summed E-state index contributed by atoms with van der Waals surface area (Å²) in [5.74, 6) is 0.460. The van der Waals surface area contributed by atoms with Crippen LogP contribution in [0.2, 0.25) is 0 Å². The van der Waals surface area contributed by atoms with Gasteiger partial charge in [-0.1, -0.05) is 56.3 Å². The molecular formula is C22H24N2O2S. The number of hydrogen-bond donors (Lipinski definition) is 1. The number of anilines is 1. The summed E-state index contributed by atoms with van der Waals surface area (Å²) >= 11 is 1.47. The zero-order chi connectivity index (χ0) is 19.4. The van der Waals surface area contributed by atoms with E-state index < -0.39 is 0 Å². The van der Waals surface area contributed by atoms with Crippen LogP contribution in [0.25, 0.3) is 0 Å². The van der Waals surface area contributed by atoms with Crippen LogP contribution in [0.5, 0.6) is 5.75 Å². The first-order chi connectivity index (χ1) is 12.9. The van der Waals surface area contributed by atoms with Crippen molar-refractivity contribution in [2.45, 2.75) is 33.1 Å². The lowest BCUT2D eigenvalue weighted by Crippen LogP contribution is -2.20. The summed E-state index contributed by atoms with van der Waals surface area (Å²) in [7, 11) is 0. The Balaban J connectivity index is 1.60. The number of aromatic nitrogens is 1. The third kappa shape index (κ3) is 4.55. The molecule has 0 fully saturated rings. The SMILES string of the molecule is Cc1nc(NC(=O)COc2ccc(C(C)(C)c3ccccc3)cc2)sc1C. The van der Waals surface area contributed by atoms with Crippen LogP contribution < -0.4 is 10.1 Å². The number of carbonyl (C=O) groups excluding carboxylic acids is 1. The van der Waals surface area contributed by atoms with E-state index >= 15 is 0 Å². The second-order valence-corrected chi connectivity index (χ2v) is 8.22. The van der Waals surface area contributed by atoms with Crippen LogP contribution >= 0.6 is 11.3 Å². The molecule has 0 aliphatic heterocycles. The molecule has 3 aromatic rings. The maximum Gasteiger partial charge on any atom is 0.264 e. The highest BCUT2D eigenvalue weighted by molar-refractivity contribution is 7.15. The van der Waals surface area contributed by atoms with Gasteiger partial charge in [0.05, 0.1) is 5.69 Å². The van der Waals surface area contributed by atoms with E-state index in [1.54, 1.807) is 0 Å². The summed E-state index contributed by atoms with van der Waals surface area (Å²) in [4.78, 5) is 17.5. The van der Waals surface area contributed by atoms with Gasteiger partial charge in [0.1, 0.15) is 5.75 Å². The van der Waals surface area contributed by atoms with Crippen LogP contribution in [-0.2, 0) is 10.2 Å².